The van der Waals surface area contributed by atoms with Crippen molar-refractivity contribution in [2.45, 2.75) is 19.8 Å². The highest BCUT2D eigenvalue weighted by molar-refractivity contribution is 5.28. The molecule has 0 aromatic heterocycles. The average Bonchev–Trinajstić information content (AvgIpc) is 1.88. The Balaban J connectivity index is 3.03. The van der Waals surface area contributed by atoms with Crippen LogP contribution in [0.1, 0.15) is 24.0 Å². The van der Waals surface area contributed by atoms with Crippen LogP contribution >= 0.6 is 0 Å². The summed E-state index contributed by atoms with van der Waals surface area (Å²) in [6.07, 6.45) is 0. The molecular weight excluding hydrogens is 120 g/mol. The Bertz CT molecular complexity index is 211. The lowest BCUT2D eigenvalue weighted by Gasteiger charge is -2.07. The van der Waals surface area contributed by atoms with Crippen molar-refractivity contribution in [1.82, 2.24) is 0 Å². The monoisotopic (exact) mass is 133 g/mol. The Kier molecular flexibility index (Phi) is 2.10. The third-order valence-corrected chi connectivity index (χ3v) is 1.72. The zero-order valence-corrected chi connectivity index (χ0v) is 6.59. The van der Waals surface area contributed by atoms with Gasteiger partial charge in [-0.15, -0.1) is 0 Å². The van der Waals surface area contributed by atoms with E-state index in [0.717, 1.165) is 0 Å². The first-order valence-corrected chi connectivity index (χ1v) is 3.60. The van der Waals surface area contributed by atoms with Crippen LogP contribution in [0.3, 0.4) is 0 Å². The summed E-state index contributed by atoms with van der Waals surface area (Å²) in [5.74, 6) is 0.404. The second kappa shape index (κ2) is 2.87. The van der Waals surface area contributed by atoms with Crippen molar-refractivity contribution in [3.8, 4) is 0 Å². The summed E-state index contributed by atoms with van der Waals surface area (Å²) in [6.45, 7) is 8.20. The van der Waals surface area contributed by atoms with Crippen LogP contribution in [0.25, 0.3) is 0 Å². The zero-order chi connectivity index (χ0) is 7.56. The van der Waals surface area contributed by atoms with Crippen molar-refractivity contribution >= 4 is 0 Å². The van der Waals surface area contributed by atoms with Crippen LogP contribution in [0.5, 0.6) is 0 Å². The molecule has 10 heavy (non-hydrogen) atoms. The van der Waals surface area contributed by atoms with Crippen LogP contribution in [-0.4, -0.2) is 0 Å². The lowest BCUT2D eigenvalue weighted by Crippen LogP contribution is -1.89. The third-order valence-electron chi connectivity index (χ3n) is 1.72. The molecule has 0 N–H and O–H groups in total. The van der Waals surface area contributed by atoms with Gasteiger partial charge in [0.2, 0.25) is 0 Å². The molecule has 0 spiro atoms. The van der Waals surface area contributed by atoms with Crippen molar-refractivity contribution in [1.29, 1.82) is 0 Å². The molecule has 1 rings (SSSR count). The molecule has 1 aromatic carbocycles. The van der Waals surface area contributed by atoms with Crippen molar-refractivity contribution < 1.29 is 0 Å². The summed E-state index contributed by atoms with van der Waals surface area (Å²) >= 11 is 0. The van der Waals surface area contributed by atoms with Gasteiger partial charge in [0.15, 0.2) is 0 Å². The van der Waals surface area contributed by atoms with Gasteiger partial charge in [-0.3, -0.25) is 0 Å². The van der Waals surface area contributed by atoms with Gasteiger partial charge in [-0.2, -0.15) is 0 Å². The predicted octanol–water partition coefficient (Wildman–Crippen LogP) is 2.93. The molecule has 0 aliphatic heterocycles. The molecule has 0 heteroatoms. The van der Waals surface area contributed by atoms with E-state index in [0.29, 0.717) is 5.92 Å². The molecule has 0 aliphatic rings. The first kappa shape index (κ1) is 7.33. The molecule has 1 atom stereocenters. The highest BCUT2D eigenvalue weighted by Gasteiger charge is 1.99. The van der Waals surface area contributed by atoms with Crippen LogP contribution in [-0.2, 0) is 0 Å². The van der Waals surface area contributed by atoms with Gasteiger partial charge in [0, 0.05) is 0 Å². The summed E-state index contributed by atoms with van der Waals surface area (Å²) in [5.41, 5.74) is 2.69. The number of rotatable bonds is 1. The summed E-state index contributed by atoms with van der Waals surface area (Å²) < 4.78 is 0. The van der Waals surface area contributed by atoms with Gasteiger partial charge < -0.3 is 0 Å². The molecule has 53 valence electrons. The standard InChI is InChI=1S/C10H13/c1-8(2)10-7-5-4-6-9(10)3/h4-8H,1H2,2-3H3. The predicted molar refractivity (Wildman–Crippen MR) is 45.0 cm³/mol. The summed E-state index contributed by atoms with van der Waals surface area (Å²) in [5, 5.41) is 0. The van der Waals surface area contributed by atoms with Crippen molar-refractivity contribution in [2.75, 3.05) is 0 Å². The van der Waals surface area contributed by atoms with Crippen molar-refractivity contribution in [3.05, 3.63) is 42.3 Å². The smallest absolute Gasteiger partial charge is 0.0188 e. The minimum absolute atomic E-state index is 0.404. The normalized spacial score (nSPS) is 10.4. The van der Waals surface area contributed by atoms with Crippen LogP contribution in [0.2, 0.25) is 0 Å². The topological polar surface area (TPSA) is 0 Å². The molecule has 0 nitrogen and oxygen atoms in total. The maximum absolute atomic E-state index is 3.97. The van der Waals surface area contributed by atoms with E-state index < -0.39 is 0 Å². The van der Waals surface area contributed by atoms with E-state index in [1.165, 1.54) is 11.1 Å². The SMILES string of the molecule is [CH2]C(C)c1ccccc1C. The van der Waals surface area contributed by atoms with Crippen LogP contribution < -0.4 is 0 Å². The maximum Gasteiger partial charge on any atom is -0.0188 e. The Hall–Kier alpha value is -0.780. The largest absolute Gasteiger partial charge is 0.0620 e. The van der Waals surface area contributed by atoms with E-state index in [1.54, 1.807) is 0 Å². The highest BCUT2D eigenvalue weighted by atomic mass is 14.0. The molecule has 0 aliphatic carbocycles. The molecule has 0 saturated carbocycles. The van der Waals surface area contributed by atoms with E-state index in [4.69, 9.17) is 0 Å². The average molecular weight is 133 g/mol. The lowest BCUT2D eigenvalue weighted by atomic mass is 9.99. The molecule has 0 amide bonds. The van der Waals surface area contributed by atoms with Crippen molar-refractivity contribution in [2.24, 2.45) is 0 Å². The zero-order valence-electron chi connectivity index (χ0n) is 6.59. The first-order valence-electron chi connectivity index (χ1n) is 3.60. The van der Waals surface area contributed by atoms with E-state index in [-0.39, 0.29) is 0 Å². The fourth-order valence-corrected chi connectivity index (χ4v) is 1.14. The van der Waals surface area contributed by atoms with E-state index in [9.17, 15) is 0 Å². The number of hydrogen-bond donors (Lipinski definition) is 0. The second-order valence-electron chi connectivity index (χ2n) is 2.76. The molecule has 0 heterocycles. The Labute approximate surface area is 62.9 Å². The van der Waals surface area contributed by atoms with E-state index in [1.807, 2.05) is 0 Å². The van der Waals surface area contributed by atoms with Crippen LogP contribution in [0.4, 0.5) is 0 Å². The van der Waals surface area contributed by atoms with Crippen molar-refractivity contribution in [3.63, 3.8) is 0 Å². The number of aryl methyl sites for hydroxylation is 1. The van der Waals surface area contributed by atoms with Gasteiger partial charge in [-0.1, -0.05) is 31.2 Å². The third kappa shape index (κ3) is 1.38. The van der Waals surface area contributed by atoms with E-state index >= 15 is 0 Å². The fraction of sp³-hybridized carbons (Fsp3) is 0.300. The van der Waals surface area contributed by atoms with Gasteiger partial charge in [-0.25, -0.2) is 0 Å². The lowest BCUT2D eigenvalue weighted by molar-refractivity contribution is 0.949. The Morgan fingerprint density at radius 1 is 1.30 bits per heavy atom. The summed E-state index contributed by atoms with van der Waals surface area (Å²) in [4.78, 5) is 0. The molecule has 0 bridgehead atoms. The second-order valence-corrected chi connectivity index (χ2v) is 2.76. The fourth-order valence-electron chi connectivity index (χ4n) is 1.14. The quantitative estimate of drug-likeness (QED) is 0.552. The molecule has 1 unspecified atom stereocenters. The highest BCUT2D eigenvalue weighted by Crippen LogP contribution is 2.16. The maximum atomic E-state index is 3.97. The Morgan fingerprint density at radius 2 is 1.90 bits per heavy atom. The van der Waals surface area contributed by atoms with E-state index in [2.05, 4.69) is 45.0 Å². The Morgan fingerprint density at radius 3 is 2.30 bits per heavy atom. The molecule has 0 saturated heterocycles. The minimum atomic E-state index is 0.404. The van der Waals surface area contributed by atoms with Gasteiger partial charge in [0.25, 0.3) is 0 Å². The first-order chi connectivity index (χ1) is 4.72. The number of hydrogen-bond acceptors (Lipinski definition) is 0. The van der Waals surface area contributed by atoms with Gasteiger partial charge in [0.1, 0.15) is 0 Å². The van der Waals surface area contributed by atoms with Gasteiger partial charge in [-0.05, 0) is 30.9 Å². The summed E-state index contributed by atoms with van der Waals surface area (Å²) in [7, 11) is 0. The van der Waals surface area contributed by atoms with Gasteiger partial charge in [0.05, 0.1) is 0 Å². The minimum Gasteiger partial charge on any atom is -0.0620 e. The van der Waals surface area contributed by atoms with Crippen LogP contribution in [0.15, 0.2) is 24.3 Å². The molecule has 1 aromatic rings. The molecule has 0 fully saturated rings. The number of benzene rings is 1. The summed E-state index contributed by atoms with van der Waals surface area (Å²) in [6, 6.07) is 8.37. The molecular formula is C10H13. The van der Waals surface area contributed by atoms with Crippen LogP contribution in [0, 0.1) is 13.8 Å². The van der Waals surface area contributed by atoms with Gasteiger partial charge >= 0.3 is 0 Å². The molecule has 1 radical (unpaired) electrons.